The van der Waals surface area contributed by atoms with Crippen molar-refractivity contribution in [2.24, 2.45) is 11.1 Å². The Balaban J connectivity index is 2.80. The summed E-state index contributed by atoms with van der Waals surface area (Å²) < 4.78 is 0. The van der Waals surface area contributed by atoms with Gasteiger partial charge in [0.15, 0.2) is 0 Å². The molecular weight excluding hydrogens is 162 g/mol. The number of hydrogen-bond acceptors (Lipinski definition) is 2. The third-order valence-corrected chi connectivity index (χ3v) is 1.83. The summed E-state index contributed by atoms with van der Waals surface area (Å²) in [5.41, 5.74) is 1.76. The van der Waals surface area contributed by atoms with Gasteiger partial charge in [0.25, 0.3) is 0 Å². The average molecular weight is 177 g/mol. The summed E-state index contributed by atoms with van der Waals surface area (Å²) in [4.78, 5) is 0. The van der Waals surface area contributed by atoms with E-state index in [2.05, 4.69) is 19.0 Å². The molecule has 0 fully saturated rings. The first-order chi connectivity index (χ1) is 6.24. The molecule has 0 saturated heterocycles. The second-order valence-electron chi connectivity index (χ2n) is 3.51. The van der Waals surface area contributed by atoms with E-state index in [1.807, 2.05) is 30.3 Å². The van der Waals surface area contributed by atoms with Crippen molar-refractivity contribution in [3.63, 3.8) is 0 Å². The Morgan fingerprint density at radius 1 is 1.31 bits per heavy atom. The van der Waals surface area contributed by atoms with E-state index in [-0.39, 0.29) is 0 Å². The maximum atomic E-state index is 8.82. The van der Waals surface area contributed by atoms with E-state index in [4.69, 9.17) is 5.21 Å². The van der Waals surface area contributed by atoms with E-state index in [1.165, 1.54) is 0 Å². The Morgan fingerprint density at radius 3 is 2.38 bits per heavy atom. The predicted molar refractivity (Wildman–Crippen MR) is 54.2 cm³/mol. The van der Waals surface area contributed by atoms with Gasteiger partial charge in [0.1, 0.15) is 0 Å². The third-order valence-electron chi connectivity index (χ3n) is 1.83. The molecule has 1 aromatic rings. The molecule has 2 nitrogen and oxygen atoms in total. The van der Waals surface area contributed by atoms with Crippen LogP contribution in [0.2, 0.25) is 0 Å². The van der Waals surface area contributed by atoms with Crippen molar-refractivity contribution in [3.05, 3.63) is 35.9 Å². The molecule has 0 aliphatic carbocycles. The molecule has 1 aromatic carbocycles. The van der Waals surface area contributed by atoms with Crippen LogP contribution in [0.5, 0.6) is 0 Å². The van der Waals surface area contributed by atoms with Crippen LogP contribution in [0.3, 0.4) is 0 Å². The van der Waals surface area contributed by atoms with Gasteiger partial charge in [-0.05, 0) is 17.9 Å². The highest BCUT2D eigenvalue weighted by Crippen LogP contribution is 2.09. The highest BCUT2D eigenvalue weighted by molar-refractivity contribution is 6.00. The van der Waals surface area contributed by atoms with Crippen LogP contribution in [-0.4, -0.2) is 10.9 Å². The second-order valence-corrected chi connectivity index (χ2v) is 3.51. The van der Waals surface area contributed by atoms with E-state index >= 15 is 0 Å². The predicted octanol–water partition coefficient (Wildman–Crippen LogP) is 2.91. The maximum absolute atomic E-state index is 8.82. The van der Waals surface area contributed by atoms with Crippen LogP contribution in [0.25, 0.3) is 0 Å². The molecule has 0 bridgehead atoms. The molecule has 0 heterocycles. The molecule has 1 rings (SSSR count). The van der Waals surface area contributed by atoms with Gasteiger partial charge in [-0.3, -0.25) is 0 Å². The lowest BCUT2D eigenvalue weighted by molar-refractivity contribution is 0.317. The first-order valence-electron chi connectivity index (χ1n) is 4.50. The number of oxime groups is 1. The van der Waals surface area contributed by atoms with Crippen molar-refractivity contribution in [2.45, 2.75) is 20.3 Å². The van der Waals surface area contributed by atoms with Crippen LogP contribution in [-0.2, 0) is 0 Å². The van der Waals surface area contributed by atoms with Crippen LogP contribution in [0.15, 0.2) is 35.5 Å². The van der Waals surface area contributed by atoms with Gasteiger partial charge in [-0.1, -0.05) is 49.3 Å². The van der Waals surface area contributed by atoms with Gasteiger partial charge in [0.2, 0.25) is 0 Å². The number of rotatable bonds is 3. The fourth-order valence-corrected chi connectivity index (χ4v) is 1.23. The molecule has 0 spiro atoms. The molecule has 70 valence electrons. The molecule has 0 amide bonds. The van der Waals surface area contributed by atoms with Gasteiger partial charge < -0.3 is 5.21 Å². The average Bonchev–Trinajstić information content (AvgIpc) is 2.15. The Hall–Kier alpha value is -1.31. The number of hydrogen-bond donors (Lipinski definition) is 1. The van der Waals surface area contributed by atoms with E-state index in [0.29, 0.717) is 5.92 Å². The zero-order chi connectivity index (χ0) is 9.68. The molecule has 0 aliphatic rings. The first-order valence-corrected chi connectivity index (χ1v) is 4.50. The molecule has 13 heavy (non-hydrogen) atoms. The van der Waals surface area contributed by atoms with Crippen LogP contribution in [0, 0.1) is 5.92 Å². The largest absolute Gasteiger partial charge is 0.411 e. The van der Waals surface area contributed by atoms with Gasteiger partial charge in [0, 0.05) is 0 Å². The lowest BCUT2D eigenvalue weighted by atomic mass is 10.0. The summed E-state index contributed by atoms with van der Waals surface area (Å²) in [6.45, 7) is 4.21. The highest BCUT2D eigenvalue weighted by Gasteiger charge is 2.05. The van der Waals surface area contributed by atoms with Crippen molar-refractivity contribution >= 4 is 5.71 Å². The van der Waals surface area contributed by atoms with Gasteiger partial charge in [0.05, 0.1) is 5.71 Å². The van der Waals surface area contributed by atoms with Crippen molar-refractivity contribution in [1.82, 2.24) is 0 Å². The molecule has 0 atom stereocenters. The SMILES string of the molecule is CC(C)C/C(=N\O)c1ccccc1. The summed E-state index contributed by atoms with van der Waals surface area (Å²) in [6.07, 6.45) is 0.806. The van der Waals surface area contributed by atoms with Crippen LogP contribution >= 0.6 is 0 Å². The highest BCUT2D eigenvalue weighted by atomic mass is 16.4. The normalized spacial score (nSPS) is 12.1. The Kier molecular flexibility index (Phi) is 3.50. The Bertz CT molecular complexity index is 277. The molecule has 0 saturated carbocycles. The van der Waals surface area contributed by atoms with Crippen molar-refractivity contribution < 1.29 is 5.21 Å². The minimum Gasteiger partial charge on any atom is -0.411 e. The van der Waals surface area contributed by atoms with Gasteiger partial charge in [-0.25, -0.2) is 0 Å². The van der Waals surface area contributed by atoms with Gasteiger partial charge in [-0.2, -0.15) is 0 Å². The monoisotopic (exact) mass is 177 g/mol. The summed E-state index contributed by atoms with van der Waals surface area (Å²) in [7, 11) is 0. The molecule has 0 unspecified atom stereocenters. The minimum atomic E-state index is 0.506. The fraction of sp³-hybridized carbons (Fsp3) is 0.364. The third kappa shape index (κ3) is 2.90. The lowest BCUT2D eigenvalue weighted by Gasteiger charge is -2.06. The van der Waals surface area contributed by atoms with Crippen molar-refractivity contribution in [3.8, 4) is 0 Å². The van der Waals surface area contributed by atoms with Crippen molar-refractivity contribution in [2.75, 3.05) is 0 Å². The molecular formula is C11H15NO. The standard InChI is InChI=1S/C11H15NO/c1-9(2)8-11(12-13)10-6-4-3-5-7-10/h3-7,9,13H,8H2,1-2H3/b12-11+. The smallest absolute Gasteiger partial charge is 0.0870 e. The topological polar surface area (TPSA) is 32.6 Å². The van der Waals surface area contributed by atoms with Gasteiger partial charge in [-0.15, -0.1) is 0 Å². The lowest BCUT2D eigenvalue weighted by Crippen LogP contribution is -2.04. The zero-order valence-electron chi connectivity index (χ0n) is 8.07. The maximum Gasteiger partial charge on any atom is 0.0870 e. The summed E-state index contributed by atoms with van der Waals surface area (Å²) in [5.74, 6) is 0.506. The van der Waals surface area contributed by atoms with E-state index in [0.717, 1.165) is 17.7 Å². The molecule has 2 heteroatoms. The minimum absolute atomic E-state index is 0.506. The van der Waals surface area contributed by atoms with Gasteiger partial charge >= 0.3 is 0 Å². The zero-order valence-corrected chi connectivity index (χ0v) is 8.07. The van der Waals surface area contributed by atoms with E-state index < -0.39 is 0 Å². The molecule has 0 aromatic heterocycles. The second kappa shape index (κ2) is 4.65. The summed E-state index contributed by atoms with van der Waals surface area (Å²) >= 11 is 0. The quantitative estimate of drug-likeness (QED) is 0.430. The Morgan fingerprint density at radius 2 is 1.92 bits per heavy atom. The van der Waals surface area contributed by atoms with Crippen LogP contribution in [0.1, 0.15) is 25.8 Å². The van der Waals surface area contributed by atoms with E-state index in [9.17, 15) is 0 Å². The van der Waals surface area contributed by atoms with Crippen molar-refractivity contribution in [1.29, 1.82) is 0 Å². The first kappa shape index (κ1) is 9.78. The molecule has 0 radical (unpaired) electrons. The molecule has 1 N–H and O–H groups in total. The van der Waals surface area contributed by atoms with E-state index in [1.54, 1.807) is 0 Å². The summed E-state index contributed by atoms with van der Waals surface area (Å²) in [5, 5.41) is 12.1. The Labute approximate surface area is 78.9 Å². The van der Waals surface area contributed by atoms with Crippen LogP contribution < -0.4 is 0 Å². The number of nitrogens with zero attached hydrogens (tertiary/aromatic N) is 1. The fourth-order valence-electron chi connectivity index (χ4n) is 1.23. The molecule has 0 aliphatic heterocycles. The van der Waals surface area contributed by atoms with Crippen LogP contribution in [0.4, 0.5) is 0 Å². The number of benzene rings is 1. The summed E-state index contributed by atoms with van der Waals surface area (Å²) in [6, 6.07) is 9.75.